The van der Waals surface area contributed by atoms with E-state index in [1.165, 1.54) is 0 Å². The van der Waals surface area contributed by atoms with Crippen molar-refractivity contribution in [2.75, 3.05) is 13.2 Å². The van der Waals surface area contributed by atoms with Crippen LogP contribution in [-0.2, 0) is 24.3 Å². The van der Waals surface area contributed by atoms with E-state index >= 15 is 0 Å². The van der Waals surface area contributed by atoms with E-state index in [0.717, 1.165) is 31.2 Å². The van der Waals surface area contributed by atoms with Gasteiger partial charge in [-0.2, -0.15) is 0 Å². The summed E-state index contributed by atoms with van der Waals surface area (Å²) in [5.41, 5.74) is 1.62. The number of rotatable bonds is 8. The predicted octanol–water partition coefficient (Wildman–Crippen LogP) is 1.57. The smallest absolute Gasteiger partial charge is 0.307 e. The molecule has 7 nitrogen and oxygen atoms in total. The third kappa shape index (κ3) is 6.10. The summed E-state index contributed by atoms with van der Waals surface area (Å²) in [6.07, 6.45) is 3.98. The van der Waals surface area contributed by atoms with Crippen molar-refractivity contribution in [1.82, 2.24) is 10.0 Å². The van der Waals surface area contributed by atoms with Gasteiger partial charge in [0.05, 0.1) is 11.3 Å². The Morgan fingerprint density at radius 2 is 1.88 bits per heavy atom. The number of amides is 1. The van der Waals surface area contributed by atoms with Crippen LogP contribution in [-0.4, -0.2) is 39.5 Å². The van der Waals surface area contributed by atoms with Crippen LogP contribution >= 0.6 is 0 Å². The van der Waals surface area contributed by atoms with Gasteiger partial charge in [0, 0.05) is 12.6 Å². The first-order valence-electron chi connectivity index (χ1n) is 8.80. The summed E-state index contributed by atoms with van der Waals surface area (Å²) in [5, 5.41) is 2.82. The Hall–Kier alpha value is -1.93. The van der Waals surface area contributed by atoms with E-state index in [-0.39, 0.29) is 36.4 Å². The summed E-state index contributed by atoms with van der Waals surface area (Å²) < 4.78 is 31.8. The van der Waals surface area contributed by atoms with Crippen LogP contribution in [0.5, 0.6) is 0 Å². The van der Waals surface area contributed by atoms with Gasteiger partial charge in [0.15, 0.2) is 6.61 Å². The molecule has 1 saturated carbocycles. The summed E-state index contributed by atoms with van der Waals surface area (Å²) >= 11 is 0. The largest absolute Gasteiger partial charge is 0.456 e. The maximum Gasteiger partial charge on any atom is 0.307 e. The molecule has 1 aliphatic rings. The molecule has 0 saturated heterocycles. The number of hydrogen-bond acceptors (Lipinski definition) is 5. The number of sulfonamides is 1. The minimum atomic E-state index is -3.69. The van der Waals surface area contributed by atoms with Gasteiger partial charge in [-0.15, -0.1) is 0 Å². The van der Waals surface area contributed by atoms with Crippen molar-refractivity contribution in [2.45, 2.75) is 56.9 Å². The van der Waals surface area contributed by atoms with Crippen LogP contribution in [0.15, 0.2) is 23.1 Å². The lowest BCUT2D eigenvalue weighted by Gasteiger charge is -2.12. The second-order valence-electron chi connectivity index (χ2n) is 6.63. The molecule has 0 atom stereocenters. The van der Waals surface area contributed by atoms with Crippen molar-refractivity contribution in [3.05, 3.63) is 29.3 Å². The van der Waals surface area contributed by atoms with Gasteiger partial charge in [-0.25, -0.2) is 13.1 Å². The Morgan fingerprint density at radius 1 is 1.19 bits per heavy atom. The maximum atomic E-state index is 12.3. The van der Waals surface area contributed by atoms with Gasteiger partial charge in [-0.05, 0) is 38.3 Å². The number of aryl methyl sites for hydroxylation is 2. The van der Waals surface area contributed by atoms with Crippen LogP contribution in [0.4, 0.5) is 0 Å². The normalized spacial score (nSPS) is 15.0. The standard InChI is InChI=1S/C18H26N2O5S/c1-13-7-8-16(14(2)11-13)26(23,24)19-10-9-18(22)25-12-17(21)20-15-5-3-4-6-15/h7-8,11,15,19H,3-6,9-10,12H2,1-2H3,(H,20,21). The molecule has 8 heteroatoms. The lowest BCUT2D eigenvalue weighted by atomic mass is 10.2. The highest BCUT2D eigenvalue weighted by atomic mass is 32.2. The van der Waals surface area contributed by atoms with Crippen LogP contribution in [0.3, 0.4) is 0 Å². The van der Waals surface area contributed by atoms with Gasteiger partial charge in [0.1, 0.15) is 0 Å². The monoisotopic (exact) mass is 382 g/mol. The molecule has 2 rings (SSSR count). The number of benzene rings is 1. The molecule has 26 heavy (non-hydrogen) atoms. The van der Waals surface area contributed by atoms with E-state index in [9.17, 15) is 18.0 Å². The van der Waals surface area contributed by atoms with Crippen LogP contribution in [0.2, 0.25) is 0 Å². The second-order valence-corrected chi connectivity index (χ2v) is 8.36. The highest BCUT2D eigenvalue weighted by Crippen LogP contribution is 2.17. The van der Waals surface area contributed by atoms with Gasteiger partial charge in [-0.1, -0.05) is 30.5 Å². The van der Waals surface area contributed by atoms with Gasteiger partial charge in [0.25, 0.3) is 5.91 Å². The number of carbonyl (C=O) groups is 2. The van der Waals surface area contributed by atoms with Crippen LogP contribution in [0, 0.1) is 13.8 Å². The first-order chi connectivity index (χ1) is 12.3. The van der Waals surface area contributed by atoms with Crippen molar-refractivity contribution in [1.29, 1.82) is 0 Å². The Balaban J connectivity index is 1.72. The number of esters is 1. The molecule has 1 fully saturated rings. The van der Waals surface area contributed by atoms with E-state index in [0.29, 0.717) is 5.56 Å². The zero-order chi connectivity index (χ0) is 19.2. The number of carbonyl (C=O) groups excluding carboxylic acids is 2. The molecule has 1 aromatic rings. The number of ether oxygens (including phenoxy) is 1. The molecule has 0 aromatic heterocycles. The molecular weight excluding hydrogens is 356 g/mol. The lowest BCUT2D eigenvalue weighted by Crippen LogP contribution is -2.36. The summed E-state index contributed by atoms with van der Waals surface area (Å²) in [4.78, 5) is 23.6. The van der Waals surface area contributed by atoms with E-state index in [4.69, 9.17) is 4.74 Å². The van der Waals surface area contributed by atoms with Crippen molar-refractivity contribution in [3.8, 4) is 0 Å². The molecule has 2 N–H and O–H groups in total. The summed E-state index contributed by atoms with van der Waals surface area (Å²) in [5.74, 6) is -0.934. The first-order valence-corrected chi connectivity index (χ1v) is 10.3. The highest BCUT2D eigenvalue weighted by Gasteiger charge is 2.19. The SMILES string of the molecule is Cc1ccc(S(=O)(=O)NCCC(=O)OCC(=O)NC2CCCC2)c(C)c1. The molecule has 0 heterocycles. The van der Waals surface area contributed by atoms with Crippen molar-refractivity contribution >= 4 is 21.9 Å². The van der Waals surface area contributed by atoms with E-state index < -0.39 is 16.0 Å². The molecule has 1 aliphatic carbocycles. The van der Waals surface area contributed by atoms with Crippen LogP contribution < -0.4 is 10.0 Å². The zero-order valence-corrected chi connectivity index (χ0v) is 16.0. The Labute approximate surface area is 154 Å². The third-order valence-corrected chi connectivity index (χ3v) is 5.95. The summed E-state index contributed by atoms with van der Waals surface area (Å²) in [6.45, 7) is 3.19. The highest BCUT2D eigenvalue weighted by molar-refractivity contribution is 7.89. The van der Waals surface area contributed by atoms with E-state index in [1.807, 2.05) is 6.92 Å². The van der Waals surface area contributed by atoms with E-state index in [1.54, 1.807) is 25.1 Å². The fourth-order valence-corrected chi connectivity index (χ4v) is 4.28. The van der Waals surface area contributed by atoms with Crippen LogP contribution in [0.25, 0.3) is 0 Å². The Kier molecular flexibility index (Phi) is 7.16. The molecule has 0 radical (unpaired) electrons. The lowest BCUT2D eigenvalue weighted by molar-refractivity contribution is -0.148. The Morgan fingerprint density at radius 3 is 2.54 bits per heavy atom. The maximum absolute atomic E-state index is 12.3. The molecule has 0 unspecified atom stereocenters. The average molecular weight is 382 g/mol. The fraction of sp³-hybridized carbons (Fsp3) is 0.556. The quantitative estimate of drug-likeness (QED) is 0.665. The summed E-state index contributed by atoms with van der Waals surface area (Å²) in [7, 11) is -3.69. The predicted molar refractivity (Wildman–Crippen MR) is 97.1 cm³/mol. The van der Waals surface area contributed by atoms with Gasteiger partial charge >= 0.3 is 5.97 Å². The number of nitrogens with one attached hydrogen (secondary N) is 2. The molecule has 0 spiro atoms. The van der Waals surface area contributed by atoms with Crippen molar-refractivity contribution in [3.63, 3.8) is 0 Å². The second kappa shape index (κ2) is 9.14. The van der Waals surface area contributed by atoms with Gasteiger partial charge < -0.3 is 10.1 Å². The topological polar surface area (TPSA) is 102 Å². The van der Waals surface area contributed by atoms with E-state index in [2.05, 4.69) is 10.0 Å². The average Bonchev–Trinajstić information content (AvgIpc) is 3.05. The first kappa shape index (κ1) is 20.4. The number of hydrogen-bond donors (Lipinski definition) is 2. The minimum absolute atomic E-state index is 0.0846. The molecule has 1 aromatic carbocycles. The van der Waals surface area contributed by atoms with Crippen molar-refractivity contribution < 1.29 is 22.7 Å². The minimum Gasteiger partial charge on any atom is -0.456 e. The molecule has 144 valence electrons. The fourth-order valence-electron chi connectivity index (χ4n) is 3.02. The van der Waals surface area contributed by atoms with Gasteiger partial charge in [0.2, 0.25) is 10.0 Å². The summed E-state index contributed by atoms with van der Waals surface area (Å²) in [6, 6.07) is 5.22. The van der Waals surface area contributed by atoms with Crippen LogP contribution in [0.1, 0.15) is 43.2 Å². The zero-order valence-electron chi connectivity index (χ0n) is 15.2. The van der Waals surface area contributed by atoms with Gasteiger partial charge in [-0.3, -0.25) is 9.59 Å². The molecule has 0 bridgehead atoms. The molecule has 0 aliphatic heterocycles. The molecule has 1 amide bonds. The molecular formula is C18H26N2O5S. The van der Waals surface area contributed by atoms with Crippen molar-refractivity contribution in [2.24, 2.45) is 0 Å². The Bertz CT molecular complexity index is 755. The third-order valence-electron chi connectivity index (χ3n) is 4.33.